The number of fused-ring (bicyclic) bond motifs is 2. The molecule has 14 heteroatoms. The van der Waals surface area contributed by atoms with Gasteiger partial charge in [0, 0.05) is 57.2 Å². The first kappa shape index (κ1) is 36.8. The molecule has 52 heavy (non-hydrogen) atoms. The number of amides is 4. The molecule has 7 aromatic carbocycles. The van der Waals surface area contributed by atoms with Gasteiger partial charge in [-0.3, -0.25) is 29.0 Å². The van der Waals surface area contributed by atoms with Gasteiger partial charge in [0.2, 0.25) is 0 Å². The maximum absolute atomic E-state index is 13.3. The van der Waals surface area contributed by atoms with Crippen molar-refractivity contribution in [3.63, 3.8) is 0 Å². The van der Waals surface area contributed by atoms with Gasteiger partial charge in [0.05, 0.1) is 62.4 Å². The summed E-state index contributed by atoms with van der Waals surface area (Å²) in [5, 5.41) is 0.130. The number of hydrogen-bond acceptors (Lipinski definition) is 4. The molecule has 2 aliphatic heterocycles. The Morgan fingerprint density at radius 2 is 0.462 bits per heavy atom. The molecule has 0 spiro atoms. The van der Waals surface area contributed by atoms with Crippen molar-refractivity contribution in [2.75, 3.05) is 14.1 Å². The molecule has 0 N–H and O–H groups in total. The zero-order valence-electron chi connectivity index (χ0n) is 26.5. The molecule has 2 aliphatic rings. The Kier molecular flexibility index (Phi) is 9.69. The van der Waals surface area contributed by atoms with Gasteiger partial charge in [-0.25, -0.2) is 0 Å². The van der Waals surface area contributed by atoms with E-state index >= 15 is 0 Å². The third-order valence-corrected chi connectivity index (χ3v) is 12.3. The highest BCUT2D eigenvalue weighted by atomic mass is 35.5. The first-order valence-electron chi connectivity index (χ1n) is 15.1. The first-order chi connectivity index (χ1) is 24.7. The Morgan fingerprint density at radius 3 is 0.635 bits per heavy atom. The second-order valence-electron chi connectivity index (χ2n) is 11.7. The van der Waals surface area contributed by atoms with Crippen LogP contribution in [0.1, 0.15) is 41.4 Å². The van der Waals surface area contributed by atoms with E-state index in [1.54, 1.807) is 0 Å². The predicted molar refractivity (Wildman–Crippen MR) is 213 cm³/mol. The van der Waals surface area contributed by atoms with Crippen molar-refractivity contribution in [1.82, 2.24) is 9.80 Å². The van der Waals surface area contributed by atoms with E-state index < -0.39 is 23.6 Å². The van der Waals surface area contributed by atoms with E-state index in [4.69, 9.17) is 92.8 Å². The molecule has 7 aromatic rings. The maximum atomic E-state index is 13.3. The SMILES string of the molecule is CN1C(=O)c2c(Cl)c(Cl)c3c4c(Cl)c(Cl)c5c6c(c(Cl)c(Cl)c(c7c(Cl)c(Cl)c(c2c37)C1=O)c64)C(=O)N(C)C5=O.c1ccccc1.c1ccccc1. The molecule has 0 radical (unpaired) electrons. The molecule has 0 aromatic heterocycles. The highest BCUT2D eigenvalue weighted by molar-refractivity contribution is 6.63. The van der Waals surface area contributed by atoms with Crippen molar-refractivity contribution < 1.29 is 19.2 Å². The van der Waals surface area contributed by atoms with Crippen LogP contribution in [-0.2, 0) is 0 Å². The molecule has 2 heterocycles. The van der Waals surface area contributed by atoms with Crippen LogP contribution in [0.25, 0.3) is 43.1 Å². The molecule has 9 rings (SSSR count). The Balaban J connectivity index is 0.000000297. The maximum Gasteiger partial charge on any atom is 0.262 e. The summed E-state index contributed by atoms with van der Waals surface area (Å²) in [6.07, 6.45) is 0. The van der Waals surface area contributed by atoms with Crippen molar-refractivity contribution >= 4 is 160 Å². The summed E-state index contributed by atoms with van der Waals surface area (Å²) >= 11 is 54.3. The number of halogens is 8. The van der Waals surface area contributed by atoms with Crippen LogP contribution in [0.2, 0.25) is 40.2 Å². The van der Waals surface area contributed by atoms with Gasteiger partial charge >= 0.3 is 0 Å². The molecule has 0 unspecified atom stereocenters. The quantitative estimate of drug-likeness (QED) is 0.0865. The molecule has 0 bridgehead atoms. The Hall–Kier alpha value is -3.56. The summed E-state index contributed by atoms with van der Waals surface area (Å²) in [5.41, 5.74) is -0.304. The summed E-state index contributed by atoms with van der Waals surface area (Å²) < 4.78 is 0. The number of benzene rings is 7. The van der Waals surface area contributed by atoms with Crippen molar-refractivity contribution in [3.05, 3.63) is 135 Å². The lowest BCUT2D eigenvalue weighted by Crippen LogP contribution is -2.38. The third kappa shape index (κ3) is 5.15. The second-order valence-corrected chi connectivity index (χ2v) is 14.7. The van der Waals surface area contributed by atoms with E-state index in [1.807, 2.05) is 72.8 Å². The van der Waals surface area contributed by atoms with Crippen molar-refractivity contribution in [2.45, 2.75) is 0 Å². The van der Waals surface area contributed by atoms with Crippen LogP contribution in [0.15, 0.2) is 72.8 Å². The Bertz CT molecular complexity index is 2340. The van der Waals surface area contributed by atoms with Crippen molar-refractivity contribution in [1.29, 1.82) is 0 Å². The van der Waals surface area contributed by atoms with E-state index in [0.717, 1.165) is 9.80 Å². The molecular weight excluding hydrogens is 832 g/mol. The molecule has 0 saturated carbocycles. The normalized spacial score (nSPS) is 13.7. The third-order valence-electron chi connectivity index (χ3n) is 8.93. The van der Waals surface area contributed by atoms with Gasteiger partial charge in [0.1, 0.15) is 0 Å². The monoisotopic (exact) mass is 846 g/mol. The average molecular weight is 850 g/mol. The molecule has 4 amide bonds. The van der Waals surface area contributed by atoms with Crippen LogP contribution in [0.3, 0.4) is 0 Å². The van der Waals surface area contributed by atoms with Gasteiger partial charge in [-0.2, -0.15) is 0 Å². The van der Waals surface area contributed by atoms with E-state index in [9.17, 15) is 19.2 Å². The zero-order chi connectivity index (χ0) is 37.5. The summed E-state index contributed by atoms with van der Waals surface area (Å²) in [5.74, 6) is -2.87. The minimum Gasteiger partial charge on any atom is -0.277 e. The number of nitrogens with zero attached hydrogens (tertiary/aromatic N) is 2. The fourth-order valence-corrected chi connectivity index (χ4v) is 8.84. The predicted octanol–water partition coefficient (Wildman–Crippen LogP) is 12.8. The van der Waals surface area contributed by atoms with Crippen LogP contribution in [-0.4, -0.2) is 47.5 Å². The minimum atomic E-state index is -0.719. The minimum absolute atomic E-state index is 0.0761. The lowest BCUT2D eigenvalue weighted by molar-refractivity contribution is 0.0635. The summed E-state index contributed by atoms with van der Waals surface area (Å²) in [4.78, 5) is 55.1. The summed E-state index contributed by atoms with van der Waals surface area (Å²) in [6, 6.07) is 24.0. The fraction of sp³-hybridized carbons (Fsp3) is 0.0526. The van der Waals surface area contributed by atoms with Gasteiger partial charge in [0.15, 0.2) is 0 Å². The second kappa shape index (κ2) is 13.7. The lowest BCUT2D eigenvalue weighted by atomic mass is 9.82. The summed E-state index contributed by atoms with van der Waals surface area (Å²) in [6.45, 7) is 0. The number of imide groups is 2. The largest absolute Gasteiger partial charge is 0.277 e. The van der Waals surface area contributed by atoms with Crippen molar-refractivity contribution in [3.8, 4) is 0 Å². The highest BCUT2D eigenvalue weighted by Gasteiger charge is 2.42. The number of hydrogen-bond donors (Lipinski definition) is 0. The molecule has 0 atom stereocenters. The molecule has 260 valence electrons. The zero-order valence-corrected chi connectivity index (χ0v) is 32.5. The molecule has 0 aliphatic carbocycles. The van der Waals surface area contributed by atoms with Gasteiger partial charge in [0.25, 0.3) is 23.6 Å². The summed E-state index contributed by atoms with van der Waals surface area (Å²) in [7, 11) is 2.55. The van der Waals surface area contributed by atoms with Crippen LogP contribution < -0.4 is 0 Å². The van der Waals surface area contributed by atoms with Crippen LogP contribution in [0.5, 0.6) is 0 Å². The van der Waals surface area contributed by atoms with Crippen LogP contribution in [0.4, 0.5) is 0 Å². The molecule has 0 fully saturated rings. The van der Waals surface area contributed by atoms with Gasteiger partial charge < -0.3 is 0 Å². The van der Waals surface area contributed by atoms with Gasteiger partial charge in [-0.05, 0) is 0 Å². The van der Waals surface area contributed by atoms with Gasteiger partial charge in [-0.15, -0.1) is 0 Å². The van der Waals surface area contributed by atoms with E-state index in [2.05, 4.69) is 0 Å². The van der Waals surface area contributed by atoms with E-state index in [-0.39, 0.29) is 106 Å². The topological polar surface area (TPSA) is 74.8 Å². The fourth-order valence-electron chi connectivity index (χ4n) is 6.62. The lowest BCUT2D eigenvalue weighted by Gasteiger charge is -2.31. The Labute approximate surface area is 335 Å². The molecule has 6 nitrogen and oxygen atoms in total. The number of rotatable bonds is 0. The molecular formula is C38H18Cl8N2O4. The Morgan fingerprint density at radius 1 is 0.288 bits per heavy atom. The average Bonchev–Trinajstić information content (AvgIpc) is 3.16. The van der Waals surface area contributed by atoms with Gasteiger partial charge in [-0.1, -0.05) is 166 Å². The van der Waals surface area contributed by atoms with E-state index in [0.29, 0.717) is 0 Å². The number of carbonyl (C=O) groups excluding carboxylic acids is 4. The highest BCUT2D eigenvalue weighted by Crippen LogP contribution is 2.59. The van der Waals surface area contributed by atoms with E-state index in [1.165, 1.54) is 14.1 Å². The smallest absolute Gasteiger partial charge is 0.262 e. The van der Waals surface area contributed by atoms with Crippen molar-refractivity contribution in [2.24, 2.45) is 0 Å². The van der Waals surface area contributed by atoms with Crippen LogP contribution in [0, 0.1) is 0 Å². The van der Waals surface area contributed by atoms with Crippen LogP contribution >= 0.6 is 92.8 Å². The molecule has 0 saturated heterocycles. The number of carbonyl (C=O) groups is 4. The first-order valence-corrected chi connectivity index (χ1v) is 18.1. The standard InChI is InChI=1S/C26H6Cl8N2O4.2C6H6/c1-35-23(37)11-5-3-7(15(27)19(11)31)9-4-6-13(21(33)17(9)29)25(39)36(2)26(40)14(6)22(34)18(30)10(4)8(3)16(28)20(32)12(5)24(35)38;2*1-2-4-6-5-3-1/h1-2H3;2*1-6H.